The predicted octanol–water partition coefficient (Wildman–Crippen LogP) is -0.416. The molecule has 0 fully saturated rings. The topological polar surface area (TPSA) is 46.9 Å². The van der Waals surface area contributed by atoms with Crippen molar-refractivity contribution in [2.75, 3.05) is 0 Å². The SMILES string of the molecule is O=C1NCn2cncc21. The molecule has 1 aromatic rings. The average Bonchev–Trinajstić information content (AvgIpc) is 2.35. The standard InChI is InChI=1S/C5H5N3O/c9-5-4-1-6-2-8(4)3-7-5/h1-2H,3H2,(H,7,9). The Kier molecular flexibility index (Phi) is 0.677. The van der Waals surface area contributed by atoms with E-state index in [1.165, 1.54) is 0 Å². The van der Waals surface area contributed by atoms with Crippen molar-refractivity contribution in [3.63, 3.8) is 0 Å². The largest absolute Gasteiger partial charge is 0.333 e. The van der Waals surface area contributed by atoms with Crippen molar-refractivity contribution in [2.24, 2.45) is 0 Å². The molecule has 9 heavy (non-hydrogen) atoms. The summed E-state index contributed by atoms with van der Waals surface area (Å²) < 4.78 is 1.77. The van der Waals surface area contributed by atoms with Crippen LogP contribution in [-0.2, 0) is 6.67 Å². The molecule has 2 heterocycles. The van der Waals surface area contributed by atoms with Crippen LogP contribution in [-0.4, -0.2) is 15.5 Å². The van der Waals surface area contributed by atoms with Crippen molar-refractivity contribution in [3.8, 4) is 0 Å². The molecule has 0 unspecified atom stereocenters. The first-order valence-electron chi connectivity index (χ1n) is 2.66. The minimum Gasteiger partial charge on any atom is -0.333 e. The fourth-order valence-electron chi connectivity index (χ4n) is 0.883. The smallest absolute Gasteiger partial charge is 0.271 e. The van der Waals surface area contributed by atoms with Gasteiger partial charge < -0.3 is 9.88 Å². The third-order valence-electron chi connectivity index (χ3n) is 1.35. The van der Waals surface area contributed by atoms with Crippen molar-refractivity contribution in [3.05, 3.63) is 18.2 Å². The van der Waals surface area contributed by atoms with E-state index in [0.717, 1.165) is 0 Å². The summed E-state index contributed by atoms with van der Waals surface area (Å²) in [6, 6.07) is 0. The van der Waals surface area contributed by atoms with E-state index in [2.05, 4.69) is 10.3 Å². The highest BCUT2D eigenvalue weighted by Gasteiger charge is 2.16. The summed E-state index contributed by atoms with van der Waals surface area (Å²) in [5, 5.41) is 2.65. The third kappa shape index (κ3) is 0.468. The zero-order valence-electron chi connectivity index (χ0n) is 4.66. The number of aromatic nitrogens is 2. The fourth-order valence-corrected chi connectivity index (χ4v) is 0.883. The normalized spacial score (nSPS) is 15.3. The van der Waals surface area contributed by atoms with Gasteiger partial charge in [0.1, 0.15) is 5.69 Å². The molecule has 0 saturated heterocycles. The number of carbonyl (C=O) groups is 1. The van der Waals surface area contributed by atoms with Gasteiger partial charge in [-0.1, -0.05) is 0 Å². The van der Waals surface area contributed by atoms with Gasteiger partial charge in [0.25, 0.3) is 5.91 Å². The van der Waals surface area contributed by atoms with Gasteiger partial charge in [-0.15, -0.1) is 0 Å². The van der Waals surface area contributed by atoms with Crippen LogP contribution in [0.25, 0.3) is 0 Å². The van der Waals surface area contributed by atoms with Crippen LogP contribution in [0.4, 0.5) is 0 Å². The third-order valence-corrected chi connectivity index (χ3v) is 1.35. The molecule has 1 amide bonds. The first kappa shape index (κ1) is 4.55. The minimum absolute atomic E-state index is 0.0347. The summed E-state index contributed by atoms with van der Waals surface area (Å²) in [6.07, 6.45) is 3.19. The minimum atomic E-state index is -0.0347. The molecular formula is C5H5N3O. The zero-order valence-corrected chi connectivity index (χ0v) is 4.66. The maximum Gasteiger partial charge on any atom is 0.271 e. The van der Waals surface area contributed by atoms with E-state index in [-0.39, 0.29) is 5.91 Å². The Balaban J connectivity index is 2.61. The van der Waals surface area contributed by atoms with Gasteiger partial charge >= 0.3 is 0 Å². The van der Waals surface area contributed by atoms with Crippen molar-refractivity contribution >= 4 is 5.91 Å². The second-order valence-corrected chi connectivity index (χ2v) is 1.91. The van der Waals surface area contributed by atoms with Crippen molar-refractivity contribution in [1.29, 1.82) is 0 Å². The fraction of sp³-hybridized carbons (Fsp3) is 0.200. The molecular weight excluding hydrogens is 118 g/mol. The second kappa shape index (κ2) is 1.34. The maximum atomic E-state index is 10.8. The number of carbonyl (C=O) groups excluding carboxylic acids is 1. The molecule has 1 aromatic heterocycles. The monoisotopic (exact) mass is 123 g/mol. The van der Waals surface area contributed by atoms with Gasteiger partial charge in [0.2, 0.25) is 0 Å². The summed E-state index contributed by atoms with van der Waals surface area (Å²) >= 11 is 0. The Morgan fingerprint density at radius 1 is 1.78 bits per heavy atom. The van der Waals surface area contributed by atoms with Crippen LogP contribution in [0.15, 0.2) is 12.5 Å². The van der Waals surface area contributed by atoms with E-state index < -0.39 is 0 Å². The number of nitrogens with zero attached hydrogens (tertiary/aromatic N) is 2. The molecule has 0 bridgehead atoms. The van der Waals surface area contributed by atoms with Crippen LogP contribution in [0.5, 0.6) is 0 Å². The molecule has 4 heteroatoms. The van der Waals surface area contributed by atoms with Crippen molar-refractivity contribution < 1.29 is 4.79 Å². The molecule has 4 nitrogen and oxygen atoms in total. The van der Waals surface area contributed by atoms with Gasteiger partial charge in [0, 0.05) is 0 Å². The molecule has 0 saturated carbocycles. The molecule has 46 valence electrons. The summed E-state index contributed by atoms with van der Waals surface area (Å²) in [6.45, 7) is 0.564. The van der Waals surface area contributed by atoms with Crippen LogP contribution in [0.3, 0.4) is 0 Å². The molecule has 0 aromatic carbocycles. The number of fused-ring (bicyclic) bond motifs is 1. The zero-order chi connectivity index (χ0) is 6.27. The first-order valence-corrected chi connectivity index (χ1v) is 2.66. The van der Waals surface area contributed by atoms with Crippen LogP contribution in [0, 0.1) is 0 Å². The summed E-state index contributed by atoms with van der Waals surface area (Å²) in [4.78, 5) is 14.6. The predicted molar refractivity (Wildman–Crippen MR) is 29.7 cm³/mol. The average molecular weight is 123 g/mol. The Morgan fingerprint density at radius 2 is 2.67 bits per heavy atom. The quantitative estimate of drug-likeness (QED) is 0.509. The van der Waals surface area contributed by atoms with Gasteiger partial charge in [0.05, 0.1) is 19.2 Å². The Labute approximate surface area is 51.5 Å². The molecule has 1 aliphatic rings. The first-order chi connectivity index (χ1) is 4.38. The molecule has 1 aliphatic heterocycles. The lowest BCUT2D eigenvalue weighted by Gasteiger charge is -1.86. The van der Waals surface area contributed by atoms with E-state index in [0.29, 0.717) is 12.4 Å². The highest BCUT2D eigenvalue weighted by atomic mass is 16.2. The molecule has 0 aliphatic carbocycles. The number of rotatable bonds is 0. The molecule has 0 atom stereocenters. The Morgan fingerprint density at radius 3 is 3.44 bits per heavy atom. The molecule has 0 radical (unpaired) electrons. The lowest BCUT2D eigenvalue weighted by Crippen LogP contribution is -2.13. The lowest BCUT2D eigenvalue weighted by molar-refractivity contribution is 0.0965. The van der Waals surface area contributed by atoms with Crippen LogP contribution in [0.1, 0.15) is 10.5 Å². The van der Waals surface area contributed by atoms with Gasteiger partial charge in [0.15, 0.2) is 0 Å². The summed E-state index contributed by atoms with van der Waals surface area (Å²) in [5.74, 6) is -0.0347. The van der Waals surface area contributed by atoms with Gasteiger partial charge in [-0.3, -0.25) is 4.79 Å². The second-order valence-electron chi connectivity index (χ2n) is 1.91. The van der Waals surface area contributed by atoms with E-state index in [1.54, 1.807) is 17.1 Å². The highest BCUT2D eigenvalue weighted by Crippen LogP contribution is 2.03. The Bertz CT molecular complexity index is 252. The van der Waals surface area contributed by atoms with E-state index in [4.69, 9.17) is 0 Å². The number of imidazole rings is 1. The van der Waals surface area contributed by atoms with Crippen LogP contribution >= 0.6 is 0 Å². The van der Waals surface area contributed by atoms with E-state index >= 15 is 0 Å². The van der Waals surface area contributed by atoms with E-state index in [9.17, 15) is 4.79 Å². The maximum absolute atomic E-state index is 10.8. The molecule has 0 spiro atoms. The van der Waals surface area contributed by atoms with Gasteiger partial charge in [-0.05, 0) is 0 Å². The summed E-state index contributed by atoms with van der Waals surface area (Å²) in [7, 11) is 0. The highest BCUT2D eigenvalue weighted by molar-refractivity contribution is 5.93. The van der Waals surface area contributed by atoms with Crippen molar-refractivity contribution in [2.45, 2.75) is 6.67 Å². The van der Waals surface area contributed by atoms with Gasteiger partial charge in [-0.25, -0.2) is 4.98 Å². The van der Waals surface area contributed by atoms with Crippen molar-refractivity contribution in [1.82, 2.24) is 14.9 Å². The van der Waals surface area contributed by atoms with Gasteiger partial charge in [-0.2, -0.15) is 0 Å². The number of nitrogens with one attached hydrogen (secondary N) is 1. The lowest BCUT2D eigenvalue weighted by atomic mass is 10.5. The van der Waals surface area contributed by atoms with Crippen LogP contribution < -0.4 is 5.32 Å². The van der Waals surface area contributed by atoms with E-state index in [1.807, 2.05) is 0 Å². The number of hydrogen-bond acceptors (Lipinski definition) is 2. The molecule has 2 rings (SSSR count). The summed E-state index contributed by atoms with van der Waals surface area (Å²) in [5.41, 5.74) is 0.648. The Hall–Kier alpha value is -1.32. The van der Waals surface area contributed by atoms with Crippen LogP contribution in [0.2, 0.25) is 0 Å². The molecule has 1 N–H and O–H groups in total. The number of amides is 1. The number of hydrogen-bond donors (Lipinski definition) is 1.